The summed E-state index contributed by atoms with van der Waals surface area (Å²) in [5.41, 5.74) is 1.07. The molecule has 0 radical (unpaired) electrons. The van der Waals surface area contributed by atoms with Crippen LogP contribution in [0.25, 0.3) is 0 Å². The Morgan fingerprint density at radius 1 is 1.41 bits per heavy atom. The van der Waals surface area contributed by atoms with Crippen LogP contribution >= 0.6 is 23.2 Å². The first-order valence-corrected chi connectivity index (χ1v) is 6.98. The number of aryl methyl sites for hydroxylation is 1. The molecule has 1 N–H and O–H groups in total. The van der Waals surface area contributed by atoms with Crippen molar-refractivity contribution < 1.29 is 9.72 Å². The van der Waals surface area contributed by atoms with Crippen molar-refractivity contribution in [3.63, 3.8) is 0 Å². The first-order valence-electron chi connectivity index (χ1n) is 6.23. The molecule has 0 saturated carbocycles. The molecule has 1 aromatic carbocycles. The number of benzene rings is 1. The van der Waals surface area contributed by atoms with Gasteiger partial charge in [0.05, 0.1) is 21.3 Å². The van der Waals surface area contributed by atoms with Crippen molar-refractivity contribution in [3.8, 4) is 0 Å². The van der Waals surface area contributed by atoms with Gasteiger partial charge in [-0.2, -0.15) is 5.10 Å². The Hall–Kier alpha value is -2.12. The van der Waals surface area contributed by atoms with Gasteiger partial charge in [0.1, 0.15) is 12.2 Å². The van der Waals surface area contributed by atoms with Gasteiger partial charge in [-0.1, -0.05) is 23.2 Å². The number of anilines is 1. The second kappa shape index (κ2) is 6.33. The highest BCUT2D eigenvalue weighted by molar-refractivity contribution is 6.32. The quantitative estimate of drug-likeness (QED) is 0.681. The molecule has 2 aromatic rings. The van der Waals surface area contributed by atoms with E-state index in [4.69, 9.17) is 23.2 Å². The summed E-state index contributed by atoms with van der Waals surface area (Å²) in [6, 6.07) is 4.02. The molecule has 0 bridgehead atoms. The summed E-state index contributed by atoms with van der Waals surface area (Å²) in [6.07, 6.45) is 0. The molecule has 2 rings (SSSR count). The number of hydrogen-bond acceptors (Lipinski definition) is 4. The molecule has 0 atom stereocenters. The minimum absolute atomic E-state index is 0.0760. The van der Waals surface area contributed by atoms with Crippen LogP contribution in [-0.2, 0) is 11.3 Å². The Morgan fingerprint density at radius 3 is 2.64 bits per heavy atom. The van der Waals surface area contributed by atoms with E-state index >= 15 is 0 Å². The standard InChI is InChI=1S/C13H12Cl2N4O3/c1-7-13(15)8(2)18(17-7)6-12(20)16-10-4-3-9(14)5-11(10)19(21)22/h3-5H,6H2,1-2H3,(H,16,20). The smallest absolute Gasteiger partial charge is 0.294 e. The zero-order chi connectivity index (χ0) is 16.4. The Balaban J connectivity index is 2.19. The molecule has 1 heterocycles. The molecule has 22 heavy (non-hydrogen) atoms. The van der Waals surface area contributed by atoms with Crippen molar-refractivity contribution in [1.82, 2.24) is 9.78 Å². The fraction of sp³-hybridized carbons (Fsp3) is 0.231. The van der Waals surface area contributed by atoms with Crippen LogP contribution in [0.15, 0.2) is 18.2 Å². The maximum absolute atomic E-state index is 12.0. The Bertz CT molecular complexity index is 758. The highest BCUT2D eigenvalue weighted by atomic mass is 35.5. The number of nitro groups is 1. The largest absolute Gasteiger partial charge is 0.319 e. The van der Waals surface area contributed by atoms with E-state index in [2.05, 4.69) is 10.4 Å². The number of nitrogens with one attached hydrogen (secondary N) is 1. The lowest BCUT2D eigenvalue weighted by Gasteiger charge is -2.07. The average molecular weight is 343 g/mol. The van der Waals surface area contributed by atoms with Crippen LogP contribution in [0.1, 0.15) is 11.4 Å². The van der Waals surface area contributed by atoms with Crippen LogP contribution in [0, 0.1) is 24.0 Å². The van der Waals surface area contributed by atoms with Crippen molar-refractivity contribution in [2.45, 2.75) is 20.4 Å². The zero-order valence-electron chi connectivity index (χ0n) is 11.8. The number of carbonyl (C=O) groups excluding carboxylic acids is 1. The number of nitro benzene ring substituents is 1. The molecular formula is C13H12Cl2N4O3. The molecule has 0 aliphatic carbocycles. The van der Waals surface area contributed by atoms with Gasteiger partial charge >= 0.3 is 0 Å². The highest BCUT2D eigenvalue weighted by Gasteiger charge is 2.18. The fourth-order valence-electron chi connectivity index (χ4n) is 1.92. The van der Waals surface area contributed by atoms with Crippen LogP contribution < -0.4 is 5.32 Å². The first-order chi connectivity index (χ1) is 10.3. The number of hydrogen-bond donors (Lipinski definition) is 1. The molecule has 0 spiro atoms. The molecule has 0 aliphatic rings. The van der Waals surface area contributed by atoms with E-state index in [9.17, 15) is 14.9 Å². The molecule has 116 valence electrons. The van der Waals surface area contributed by atoms with Crippen LogP contribution in [0.5, 0.6) is 0 Å². The van der Waals surface area contributed by atoms with Gasteiger partial charge in [-0.25, -0.2) is 0 Å². The van der Waals surface area contributed by atoms with E-state index in [0.29, 0.717) is 16.4 Å². The van der Waals surface area contributed by atoms with Gasteiger partial charge in [0.25, 0.3) is 5.69 Å². The fourth-order valence-corrected chi connectivity index (χ4v) is 2.22. The van der Waals surface area contributed by atoms with E-state index in [1.54, 1.807) is 13.8 Å². The Labute approximate surface area is 136 Å². The molecule has 0 fully saturated rings. The van der Waals surface area contributed by atoms with E-state index < -0.39 is 10.8 Å². The molecule has 0 aliphatic heterocycles. The lowest BCUT2D eigenvalue weighted by atomic mass is 10.2. The van der Waals surface area contributed by atoms with Crippen molar-refractivity contribution in [2.24, 2.45) is 0 Å². The summed E-state index contributed by atoms with van der Waals surface area (Å²) < 4.78 is 1.44. The third-order valence-corrected chi connectivity index (χ3v) is 3.80. The second-order valence-corrected chi connectivity index (χ2v) is 5.42. The van der Waals surface area contributed by atoms with Gasteiger partial charge in [-0.3, -0.25) is 19.6 Å². The summed E-state index contributed by atoms with van der Waals surface area (Å²) in [5, 5.41) is 18.3. The van der Waals surface area contributed by atoms with Crippen LogP contribution in [0.4, 0.5) is 11.4 Å². The van der Waals surface area contributed by atoms with Gasteiger partial charge in [-0.05, 0) is 26.0 Å². The minimum atomic E-state index is -0.609. The molecule has 1 amide bonds. The van der Waals surface area contributed by atoms with E-state index in [0.717, 1.165) is 0 Å². The summed E-state index contributed by atoms with van der Waals surface area (Å²) in [5.74, 6) is -0.451. The first kappa shape index (κ1) is 16.3. The van der Waals surface area contributed by atoms with Gasteiger partial charge in [0.2, 0.25) is 5.91 Å². The monoisotopic (exact) mass is 342 g/mol. The van der Waals surface area contributed by atoms with Gasteiger partial charge in [0, 0.05) is 11.1 Å². The molecule has 0 unspecified atom stereocenters. The minimum Gasteiger partial charge on any atom is -0.319 e. The third kappa shape index (κ3) is 3.37. The predicted molar refractivity (Wildman–Crippen MR) is 83.4 cm³/mol. The predicted octanol–water partition coefficient (Wildman–Crippen LogP) is 3.35. The van der Waals surface area contributed by atoms with Crippen molar-refractivity contribution in [1.29, 1.82) is 0 Å². The molecule has 1 aromatic heterocycles. The SMILES string of the molecule is Cc1nn(CC(=O)Nc2ccc(Cl)cc2[N+](=O)[O-])c(C)c1Cl. The summed E-state index contributed by atoms with van der Waals surface area (Å²) >= 11 is 11.7. The highest BCUT2D eigenvalue weighted by Crippen LogP contribution is 2.27. The topological polar surface area (TPSA) is 90.1 Å². The number of aromatic nitrogens is 2. The van der Waals surface area contributed by atoms with Crippen LogP contribution in [-0.4, -0.2) is 20.6 Å². The third-order valence-electron chi connectivity index (χ3n) is 3.02. The zero-order valence-corrected chi connectivity index (χ0v) is 13.3. The summed E-state index contributed by atoms with van der Waals surface area (Å²) in [7, 11) is 0. The number of halogens is 2. The van der Waals surface area contributed by atoms with Gasteiger partial charge in [0.15, 0.2) is 0 Å². The van der Waals surface area contributed by atoms with Crippen LogP contribution in [0.3, 0.4) is 0 Å². The van der Waals surface area contributed by atoms with Crippen molar-refractivity contribution in [2.75, 3.05) is 5.32 Å². The molecule has 7 nitrogen and oxygen atoms in total. The molecule has 9 heteroatoms. The normalized spacial score (nSPS) is 10.5. The van der Waals surface area contributed by atoms with E-state index in [1.165, 1.54) is 22.9 Å². The van der Waals surface area contributed by atoms with Gasteiger partial charge in [-0.15, -0.1) is 0 Å². The molecular weight excluding hydrogens is 331 g/mol. The van der Waals surface area contributed by atoms with Crippen molar-refractivity contribution >= 4 is 40.5 Å². The van der Waals surface area contributed by atoms with Gasteiger partial charge < -0.3 is 5.32 Å². The Morgan fingerprint density at radius 2 is 2.09 bits per heavy atom. The number of amides is 1. The molecule has 0 saturated heterocycles. The number of rotatable bonds is 4. The van der Waals surface area contributed by atoms with E-state index in [1.807, 2.05) is 0 Å². The summed E-state index contributed by atoms with van der Waals surface area (Å²) in [4.78, 5) is 22.4. The van der Waals surface area contributed by atoms with Crippen molar-refractivity contribution in [3.05, 3.63) is 49.7 Å². The summed E-state index contributed by atoms with van der Waals surface area (Å²) in [6.45, 7) is 3.37. The maximum atomic E-state index is 12.0. The maximum Gasteiger partial charge on any atom is 0.294 e. The second-order valence-electron chi connectivity index (χ2n) is 4.61. The van der Waals surface area contributed by atoms with E-state index in [-0.39, 0.29) is 22.9 Å². The average Bonchev–Trinajstić information content (AvgIpc) is 2.68. The Kier molecular flexibility index (Phi) is 4.68. The number of nitrogens with zero attached hydrogens (tertiary/aromatic N) is 3. The lowest BCUT2D eigenvalue weighted by Crippen LogP contribution is -2.20. The van der Waals surface area contributed by atoms with Crippen LogP contribution in [0.2, 0.25) is 10.0 Å². The lowest BCUT2D eigenvalue weighted by molar-refractivity contribution is -0.383. The number of carbonyl (C=O) groups is 1.